The summed E-state index contributed by atoms with van der Waals surface area (Å²) in [5.41, 5.74) is 3.94. The summed E-state index contributed by atoms with van der Waals surface area (Å²) in [5.74, 6) is 0.00834. The summed E-state index contributed by atoms with van der Waals surface area (Å²) in [7, 11) is 0. The van der Waals surface area contributed by atoms with E-state index in [0.29, 0.717) is 24.3 Å². The van der Waals surface area contributed by atoms with Gasteiger partial charge in [-0.1, -0.05) is 12.1 Å². The number of likely N-dealkylation sites (tertiary alicyclic amines) is 1. The van der Waals surface area contributed by atoms with Crippen LogP contribution in [0, 0.1) is 13.8 Å². The average molecular weight is 349 g/mol. The van der Waals surface area contributed by atoms with Crippen LogP contribution in [0.25, 0.3) is 11.3 Å². The Morgan fingerprint density at radius 3 is 2.50 bits per heavy atom. The monoisotopic (exact) mass is 349 g/mol. The molecule has 1 N–H and O–H groups in total. The summed E-state index contributed by atoms with van der Waals surface area (Å²) >= 11 is 0. The predicted octanol–water partition coefficient (Wildman–Crippen LogP) is 1.95. The fraction of sp³-hybridized carbons (Fsp3) is 0.263. The van der Waals surface area contributed by atoms with E-state index in [2.05, 4.69) is 15.1 Å². The van der Waals surface area contributed by atoms with Gasteiger partial charge in [-0.2, -0.15) is 5.10 Å². The van der Waals surface area contributed by atoms with Crippen LogP contribution in [0.1, 0.15) is 27.8 Å². The third kappa shape index (κ3) is 2.92. The summed E-state index contributed by atoms with van der Waals surface area (Å²) in [4.78, 5) is 32.4. The van der Waals surface area contributed by atoms with Crippen molar-refractivity contribution >= 4 is 5.91 Å². The molecule has 1 aromatic carbocycles. The van der Waals surface area contributed by atoms with E-state index in [1.165, 1.54) is 6.20 Å². The summed E-state index contributed by atoms with van der Waals surface area (Å²) in [5, 5.41) is 4.49. The molecule has 2 aromatic heterocycles. The van der Waals surface area contributed by atoms with Crippen LogP contribution in [0.5, 0.6) is 0 Å². The molecule has 0 saturated carbocycles. The maximum absolute atomic E-state index is 12.6. The molecule has 0 spiro atoms. The molecule has 7 heteroatoms. The molecule has 0 unspecified atom stereocenters. The average Bonchev–Trinajstić information content (AvgIpc) is 2.92. The number of amides is 1. The number of aromatic nitrogens is 4. The standard InChI is InChI=1S/C19H19N5O2/c1-12-7-13(2)24(22-12)16-10-23(11-16)19(26)15-5-3-14(4-6-15)17-8-20-9-18(25)21-17/h3-9,16H,10-11H2,1-2H3,(H,21,25). The van der Waals surface area contributed by atoms with E-state index in [1.54, 1.807) is 18.3 Å². The maximum Gasteiger partial charge on any atom is 0.266 e. The third-order valence-electron chi connectivity index (χ3n) is 4.64. The Morgan fingerprint density at radius 2 is 1.88 bits per heavy atom. The first-order valence-electron chi connectivity index (χ1n) is 8.48. The lowest BCUT2D eigenvalue weighted by Crippen LogP contribution is -2.51. The fourth-order valence-corrected chi connectivity index (χ4v) is 3.29. The second kappa shape index (κ2) is 6.25. The van der Waals surface area contributed by atoms with Gasteiger partial charge < -0.3 is 9.88 Å². The first-order chi connectivity index (χ1) is 12.5. The normalized spacial score (nSPS) is 14.3. The Kier molecular flexibility index (Phi) is 3.91. The predicted molar refractivity (Wildman–Crippen MR) is 96.9 cm³/mol. The lowest BCUT2D eigenvalue weighted by Gasteiger charge is -2.39. The number of hydrogen-bond acceptors (Lipinski definition) is 4. The zero-order valence-electron chi connectivity index (χ0n) is 14.6. The van der Waals surface area contributed by atoms with Crippen molar-refractivity contribution in [2.24, 2.45) is 0 Å². The number of carbonyl (C=O) groups excluding carboxylic acids is 1. The van der Waals surface area contributed by atoms with E-state index in [-0.39, 0.29) is 17.5 Å². The van der Waals surface area contributed by atoms with Crippen molar-refractivity contribution in [1.82, 2.24) is 24.6 Å². The molecular weight excluding hydrogens is 330 g/mol. The Labute approximate surface area is 150 Å². The van der Waals surface area contributed by atoms with Crippen molar-refractivity contribution < 1.29 is 4.79 Å². The van der Waals surface area contributed by atoms with Crippen LogP contribution < -0.4 is 5.56 Å². The molecule has 3 heterocycles. The van der Waals surface area contributed by atoms with Crippen LogP contribution in [-0.2, 0) is 0 Å². The lowest BCUT2D eigenvalue weighted by molar-refractivity contribution is 0.0497. The number of aryl methyl sites for hydroxylation is 2. The molecule has 1 aliphatic rings. The Hall–Kier alpha value is -3.22. The number of H-pyrrole nitrogens is 1. The molecule has 1 saturated heterocycles. The van der Waals surface area contributed by atoms with Crippen molar-refractivity contribution in [3.05, 3.63) is 70.0 Å². The van der Waals surface area contributed by atoms with Crippen LogP contribution in [-0.4, -0.2) is 43.6 Å². The van der Waals surface area contributed by atoms with Gasteiger partial charge in [-0.05, 0) is 37.6 Å². The van der Waals surface area contributed by atoms with Crippen LogP contribution in [0.3, 0.4) is 0 Å². The highest BCUT2D eigenvalue weighted by Gasteiger charge is 2.33. The van der Waals surface area contributed by atoms with Gasteiger partial charge in [0.2, 0.25) is 0 Å². The van der Waals surface area contributed by atoms with Gasteiger partial charge in [-0.25, -0.2) is 0 Å². The second-order valence-electron chi connectivity index (χ2n) is 6.62. The summed E-state index contributed by atoms with van der Waals surface area (Å²) in [6.45, 7) is 5.34. The van der Waals surface area contributed by atoms with E-state index >= 15 is 0 Å². The van der Waals surface area contributed by atoms with E-state index in [9.17, 15) is 9.59 Å². The number of benzene rings is 1. The maximum atomic E-state index is 12.6. The molecule has 0 radical (unpaired) electrons. The molecule has 26 heavy (non-hydrogen) atoms. The van der Waals surface area contributed by atoms with Crippen molar-refractivity contribution in [1.29, 1.82) is 0 Å². The van der Waals surface area contributed by atoms with Gasteiger partial charge in [0.25, 0.3) is 11.5 Å². The Balaban J connectivity index is 1.45. The van der Waals surface area contributed by atoms with Crippen molar-refractivity contribution in [3.63, 3.8) is 0 Å². The molecule has 4 rings (SSSR count). The largest absolute Gasteiger partial charge is 0.334 e. The highest BCUT2D eigenvalue weighted by Crippen LogP contribution is 2.25. The topological polar surface area (TPSA) is 83.9 Å². The zero-order valence-corrected chi connectivity index (χ0v) is 14.6. The smallest absolute Gasteiger partial charge is 0.266 e. The van der Waals surface area contributed by atoms with Gasteiger partial charge in [-0.15, -0.1) is 0 Å². The molecular formula is C19H19N5O2. The number of hydrogen-bond donors (Lipinski definition) is 1. The summed E-state index contributed by atoms with van der Waals surface area (Å²) in [6, 6.07) is 9.48. The minimum atomic E-state index is -0.251. The van der Waals surface area contributed by atoms with Gasteiger partial charge in [0, 0.05) is 24.3 Å². The highest BCUT2D eigenvalue weighted by atomic mass is 16.2. The second-order valence-corrected chi connectivity index (χ2v) is 6.62. The molecule has 0 atom stereocenters. The first kappa shape index (κ1) is 16.3. The molecule has 3 aromatic rings. The van der Waals surface area contributed by atoms with Crippen LogP contribution in [0.4, 0.5) is 0 Å². The minimum Gasteiger partial charge on any atom is -0.334 e. The van der Waals surface area contributed by atoms with Gasteiger partial charge in [0.05, 0.1) is 29.8 Å². The molecule has 1 amide bonds. The number of nitrogens with one attached hydrogen (secondary N) is 1. The molecule has 1 aliphatic heterocycles. The van der Waals surface area contributed by atoms with E-state index in [4.69, 9.17) is 0 Å². The number of nitrogens with zero attached hydrogens (tertiary/aromatic N) is 4. The van der Waals surface area contributed by atoms with Gasteiger partial charge in [0.1, 0.15) is 0 Å². The number of carbonyl (C=O) groups is 1. The van der Waals surface area contributed by atoms with Gasteiger partial charge in [-0.3, -0.25) is 19.3 Å². The molecule has 1 fully saturated rings. The molecule has 0 bridgehead atoms. The third-order valence-corrected chi connectivity index (χ3v) is 4.64. The lowest BCUT2D eigenvalue weighted by atomic mass is 10.0. The van der Waals surface area contributed by atoms with Crippen molar-refractivity contribution in [2.75, 3.05) is 13.1 Å². The van der Waals surface area contributed by atoms with Crippen molar-refractivity contribution in [3.8, 4) is 11.3 Å². The zero-order chi connectivity index (χ0) is 18.3. The first-order valence-corrected chi connectivity index (χ1v) is 8.48. The van der Waals surface area contributed by atoms with Crippen LogP contribution in [0.15, 0.2) is 47.5 Å². The van der Waals surface area contributed by atoms with Gasteiger partial charge >= 0.3 is 0 Å². The summed E-state index contributed by atoms with van der Waals surface area (Å²) < 4.78 is 2.00. The quantitative estimate of drug-likeness (QED) is 0.783. The minimum absolute atomic E-state index is 0.00834. The number of aromatic amines is 1. The van der Waals surface area contributed by atoms with E-state index < -0.39 is 0 Å². The van der Waals surface area contributed by atoms with Gasteiger partial charge in [0.15, 0.2) is 0 Å². The Morgan fingerprint density at radius 1 is 1.15 bits per heavy atom. The van der Waals surface area contributed by atoms with Crippen molar-refractivity contribution in [2.45, 2.75) is 19.9 Å². The summed E-state index contributed by atoms with van der Waals surface area (Å²) in [6.07, 6.45) is 2.82. The highest BCUT2D eigenvalue weighted by molar-refractivity contribution is 5.95. The molecule has 7 nitrogen and oxygen atoms in total. The van der Waals surface area contributed by atoms with Crippen LogP contribution in [0.2, 0.25) is 0 Å². The molecule has 0 aliphatic carbocycles. The fourth-order valence-electron chi connectivity index (χ4n) is 3.29. The SMILES string of the molecule is Cc1cc(C)n(C2CN(C(=O)c3ccc(-c4cncc(=O)[nH]4)cc3)C2)n1. The Bertz CT molecular complexity index is 1010. The van der Waals surface area contributed by atoms with Crippen LogP contribution >= 0.6 is 0 Å². The molecule has 132 valence electrons. The number of rotatable bonds is 3. The van der Waals surface area contributed by atoms with E-state index in [1.807, 2.05) is 41.6 Å². The van der Waals surface area contributed by atoms with E-state index in [0.717, 1.165) is 17.0 Å².